The molecule has 0 spiro atoms. The van der Waals surface area contributed by atoms with Crippen molar-refractivity contribution in [1.29, 1.82) is 0 Å². The molecule has 1 aromatic carbocycles. The summed E-state index contributed by atoms with van der Waals surface area (Å²) in [6, 6.07) is 7.19. The van der Waals surface area contributed by atoms with Crippen LogP contribution in [-0.2, 0) is 0 Å². The fraction of sp³-hybridized carbons (Fsp3) is 0.571. The summed E-state index contributed by atoms with van der Waals surface area (Å²) in [5.41, 5.74) is 2.78. The molecule has 0 aromatic heterocycles. The van der Waals surface area contributed by atoms with Crippen LogP contribution in [0.3, 0.4) is 0 Å². The maximum atomic E-state index is 3.68. The Morgan fingerprint density at radius 3 is 2.75 bits per heavy atom. The first kappa shape index (κ1) is 12.1. The number of hydrogen-bond acceptors (Lipinski definition) is 1. The molecule has 16 heavy (non-hydrogen) atoms. The Balaban J connectivity index is 2.25. The molecule has 2 rings (SSSR count). The van der Waals surface area contributed by atoms with Gasteiger partial charge in [0, 0.05) is 10.5 Å². The molecule has 1 N–H and O–H groups in total. The number of rotatable bonds is 4. The SMILES string of the molecule is CCNC(c1cc(C)ccc1Br)C1CCC1. The molecule has 1 nitrogen and oxygen atoms in total. The average Bonchev–Trinajstić information content (AvgIpc) is 2.18. The Morgan fingerprint density at radius 1 is 1.44 bits per heavy atom. The molecule has 0 bridgehead atoms. The first-order valence-corrected chi connectivity index (χ1v) is 7.01. The largest absolute Gasteiger partial charge is 0.310 e. The normalized spacial score (nSPS) is 18.2. The van der Waals surface area contributed by atoms with Gasteiger partial charge in [-0.15, -0.1) is 0 Å². The second-order valence-electron chi connectivity index (χ2n) is 4.75. The van der Waals surface area contributed by atoms with Gasteiger partial charge >= 0.3 is 0 Å². The smallest absolute Gasteiger partial charge is 0.0359 e. The molecule has 88 valence electrons. The van der Waals surface area contributed by atoms with Crippen molar-refractivity contribution in [3.8, 4) is 0 Å². The molecule has 1 fully saturated rings. The monoisotopic (exact) mass is 281 g/mol. The van der Waals surface area contributed by atoms with Crippen molar-refractivity contribution in [2.24, 2.45) is 5.92 Å². The van der Waals surface area contributed by atoms with Crippen LogP contribution in [0.25, 0.3) is 0 Å². The lowest BCUT2D eigenvalue weighted by molar-refractivity contribution is 0.232. The first-order valence-electron chi connectivity index (χ1n) is 6.21. The predicted molar refractivity (Wildman–Crippen MR) is 72.6 cm³/mol. The molecule has 2 heteroatoms. The van der Waals surface area contributed by atoms with Gasteiger partial charge in [-0.2, -0.15) is 0 Å². The van der Waals surface area contributed by atoms with E-state index in [9.17, 15) is 0 Å². The minimum atomic E-state index is 0.535. The lowest BCUT2D eigenvalue weighted by atomic mass is 9.77. The molecule has 1 unspecified atom stereocenters. The fourth-order valence-corrected chi connectivity index (χ4v) is 2.92. The van der Waals surface area contributed by atoms with Crippen LogP contribution >= 0.6 is 15.9 Å². The average molecular weight is 282 g/mol. The number of aryl methyl sites for hydroxylation is 1. The molecular formula is C14H20BrN. The van der Waals surface area contributed by atoms with Gasteiger partial charge in [-0.3, -0.25) is 0 Å². The number of benzene rings is 1. The topological polar surface area (TPSA) is 12.0 Å². The Kier molecular flexibility index (Phi) is 4.04. The molecule has 0 aliphatic heterocycles. The molecule has 1 saturated carbocycles. The molecule has 0 amide bonds. The Bertz CT molecular complexity index is 358. The minimum absolute atomic E-state index is 0.535. The van der Waals surface area contributed by atoms with Crippen LogP contribution in [-0.4, -0.2) is 6.54 Å². The van der Waals surface area contributed by atoms with Crippen molar-refractivity contribution in [3.63, 3.8) is 0 Å². The van der Waals surface area contributed by atoms with Crippen LogP contribution in [0.15, 0.2) is 22.7 Å². The van der Waals surface area contributed by atoms with Gasteiger partial charge in [0.25, 0.3) is 0 Å². The summed E-state index contributed by atoms with van der Waals surface area (Å²) in [6.45, 7) is 5.40. The van der Waals surface area contributed by atoms with Gasteiger partial charge in [-0.05, 0) is 43.9 Å². The van der Waals surface area contributed by atoms with E-state index in [0.29, 0.717) is 6.04 Å². The van der Waals surface area contributed by atoms with Gasteiger partial charge in [-0.1, -0.05) is 47.0 Å². The van der Waals surface area contributed by atoms with Crippen LogP contribution in [0.1, 0.15) is 43.4 Å². The lowest BCUT2D eigenvalue weighted by Crippen LogP contribution is -2.32. The molecule has 0 heterocycles. The molecule has 0 radical (unpaired) electrons. The van der Waals surface area contributed by atoms with Gasteiger partial charge in [0.15, 0.2) is 0 Å². The highest BCUT2D eigenvalue weighted by atomic mass is 79.9. The summed E-state index contributed by atoms with van der Waals surface area (Å²) in [4.78, 5) is 0. The minimum Gasteiger partial charge on any atom is -0.310 e. The third kappa shape index (κ3) is 2.49. The molecule has 1 aliphatic carbocycles. The van der Waals surface area contributed by atoms with Crippen molar-refractivity contribution in [2.45, 2.75) is 39.2 Å². The molecule has 0 saturated heterocycles. The van der Waals surface area contributed by atoms with Gasteiger partial charge in [-0.25, -0.2) is 0 Å². The second-order valence-corrected chi connectivity index (χ2v) is 5.61. The van der Waals surface area contributed by atoms with Gasteiger partial charge in [0.1, 0.15) is 0 Å². The third-order valence-electron chi connectivity index (χ3n) is 3.53. The van der Waals surface area contributed by atoms with E-state index in [1.54, 1.807) is 0 Å². The Labute approximate surface area is 107 Å². The van der Waals surface area contributed by atoms with E-state index in [2.05, 4.69) is 53.3 Å². The number of nitrogens with one attached hydrogen (secondary N) is 1. The van der Waals surface area contributed by atoms with Crippen molar-refractivity contribution in [3.05, 3.63) is 33.8 Å². The van der Waals surface area contributed by atoms with Crippen molar-refractivity contribution >= 4 is 15.9 Å². The summed E-state index contributed by atoms with van der Waals surface area (Å²) >= 11 is 3.68. The highest BCUT2D eigenvalue weighted by Gasteiger charge is 2.28. The van der Waals surface area contributed by atoms with E-state index in [1.165, 1.54) is 34.9 Å². The quantitative estimate of drug-likeness (QED) is 0.872. The van der Waals surface area contributed by atoms with Crippen LogP contribution in [0, 0.1) is 12.8 Å². The van der Waals surface area contributed by atoms with E-state index in [1.807, 2.05) is 0 Å². The van der Waals surface area contributed by atoms with Gasteiger partial charge < -0.3 is 5.32 Å². The zero-order chi connectivity index (χ0) is 11.5. The van der Waals surface area contributed by atoms with Crippen molar-refractivity contribution in [1.82, 2.24) is 5.32 Å². The third-order valence-corrected chi connectivity index (χ3v) is 4.25. The maximum Gasteiger partial charge on any atom is 0.0359 e. The van der Waals surface area contributed by atoms with Gasteiger partial charge in [0.05, 0.1) is 0 Å². The summed E-state index contributed by atoms with van der Waals surface area (Å²) in [5.74, 6) is 0.832. The number of hydrogen-bond donors (Lipinski definition) is 1. The highest BCUT2D eigenvalue weighted by Crippen LogP contribution is 2.40. The van der Waals surface area contributed by atoms with E-state index in [-0.39, 0.29) is 0 Å². The Hall–Kier alpha value is -0.340. The van der Waals surface area contributed by atoms with Crippen LogP contribution in [0.5, 0.6) is 0 Å². The van der Waals surface area contributed by atoms with Crippen molar-refractivity contribution in [2.75, 3.05) is 6.54 Å². The van der Waals surface area contributed by atoms with Crippen molar-refractivity contribution < 1.29 is 0 Å². The lowest BCUT2D eigenvalue weighted by Gasteiger charge is -2.35. The maximum absolute atomic E-state index is 3.68. The van der Waals surface area contributed by atoms with Crippen LogP contribution in [0.4, 0.5) is 0 Å². The first-order chi connectivity index (χ1) is 7.72. The summed E-state index contributed by atoms with van der Waals surface area (Å²) in [7, 11) is 0. The molecular weight excluding hydrogens is 262 g/mol. The molecule has 1 aliphatic rings. The summed E-state index contributed by atoms with van der Waals surface area (Å²) in [6.07, 6.45) is 4.14. The summed E-state index contributed by atoms with van der Waals surface area (Å²) < 4.78 is 1.25. The van der Waals surface area contributed by atoms with E-state index < -0.39 is 0 Å². The second kappa shape index (κ2) is 5.33. The van der Waals surface area contributed by atoms with Gasteiger partial charge in [0.2, 0.25) is 0 Å². The Morgan fingerprint density at radius 2 is 2.19 bits per heavy atom. The van der Waals surface area contributed by atoms with Crippen LogP contribution in [0.2, 0.25) is 0 Å². The van der Waals surface area contributed by atoms with Crippen LogP contribution < -0.4 is 5.32 Å². The van der Waals surface area contributed by atoms with E-state index >= 15 is 0 Å². The zero-order valence-corrected chi connectivity index (χ0v) is 11.7. The fourth-order valence-electron chi connectivity index (χ4n) is 2.43. The van der Waals surface area contributed by atoms with E-state index in [0.717, 1.165) is 12.5 Å². The molecule has 1 aromatic rings. The standard InChI is InChI=1S/C14H20BrN/c1-3-16-14(11-5-4-6-11)12-9-10(2)7-8-13(12)15/h7-9,11,14,16H,3-6H2,1-2H3. The predicted octanol–water partition coefficient (Wildman–Crippen LogP) is 4.21. The molecule has 1 atom stereocenters. The number of halogens is 1. The van der Waals surface area contributed by atoms with E-state index in [4.69, 9.17) is 0 Å². The highest BCUT2D eigenvalue weighted by molar-refractivity contribution is 9.10. The zero-order valence-electron chi connectivity index (χ0n) is 10.1. The summed E-state index contributed by atoms with van der Waals surface area (Å²) in [5, 5.41) is 3.64.